The van der Waals surface area contributed by atoms with Crippen LogP contribution in [0.1, 0.15) is 33.4 Å². The van der Waals surface area contributed by atoms with Gasteiger partial charge in [0.25, 0.3) is 5.91 Å². The molecule has 0 atom stereocenters. The minimum atomic E-state index is -0.405. The van der Waals surface area contributed by atoms with Gasteiger partial charge >= 0.3 is 0 Å². The largest absolute Gasteiger partial charge is 0.321 e. The summed E-state index contributed by atoms with van der Waals surface area (Å²) in [6, 6.07) is 23.9. The monoisotopic (exact) mass is 380 g/mol. The maximum absolute atomic E-state index is 12.6. The molecule has 0 radical (unpaired) electrons. The molecule has 1 amide bonds. The second-order valence-electron chi connectivity index (χ2n) is 7.36. The van der Waals surface area contributed by atoms with Crippen LogP contribution in [-0.2, 0) is 11.2 Å². The predicted octanol–water partition coefficient (Wildman–Crippen LogP) is 5.75. The molecule has 3 rings (SSSR count). The Balaban J connectivity index is 1.86. The molecule has 144 valence electrons. The highest BCUT2D eigenvalue weighted by Gasteiger charge is 2.11. The molecule has 0 saturated heterocycles. The van der Waals surface area contributed by atoms with Crippen molar-refractivity contribution in [3.63, 3.8) is 0 Å². The lowest BCUT2D eigenvalue weighted by atomic mass is 9.96. The molecule has 0 saturated carbocycles. The van der Waals surface area contributed by atoms with Gasteiger partial charge < -0.3 is 5.32 Å². The van der Waals surface area contributed by atoms with Gasteiger partial charge in [-0.2, -0.15) is 5.26 Å². The Morgan fingerprint density at radius 3 is 2.24 bits per heavy atom. The molecule has 0 aromatic heterocycles. The number of nitriles is 1. The van der Waals surface area contributed by atoms with Gasteiger partial charge in [-0.25, -0.2) is 0 Å². The first-order chi connectivity index (χ1) is 13.9. The molecule has 0 spiro atoms. The van der Waals surface area contributed by atoms with Crippen LogP contribution in [0.2, 0.25) is 0 Å². The number of anilines is 1. The minimum absolute atomic E-state index is 0.0819. The maximum atomic E-state index is 12.6. The van der Waals surface area contributed by atoms with Gasteiger partial charge in [-0.1, -0.05) is 71.3 Å². The second kappa shape index (κ2) is 9.03. The van der Waals surface area contributed by atoms with E-state index in [1.165, 1.54) is 16.7 Å². The third kappa shape index (κ3) is 5.43. The lowest BCUT2D eigenvalue weighted by molar-refractivity contribution is -0.112. The Hall–Kier alpha value is -3.64. The standard InChI is InChI=1S/C26H24N2O/c1-18-8-10-25(11-9-18)28-26(29)24(17-27)16-23-7-5-4-6-22(23)15-21-13-19(2)12-20(3)14-21/h4-14,16H,15H2,1-3H3,(H,28,29)/b24-16+. The molecule has 3 nitrogen and oxygen atoms in total. The number of hydrogen-bond acceptors (Lipinski definition) is 2. The van der Waals surface area contributed by atoms with Gasteiger partial charge in [0.1, 0.15) is 11.6 Å². The van der Waals surface area contributed by atoms with Crippen LogP contribution in [0.4, 0.5) is 5.69 Å². The first-order valence-corrected chi connectivity index (χ1v) is 9.59. The number of amides is 1. The fraction of sp³-hybridized carbons (Fsp3) is 0.154. The van der Waals surface area contributed by atoms with Crippen molar-refractivity contribution in [3.8, 4) is 6.07 Å². The van der Waals surface area contributed by atoms with Crippen LogP contribution in [0.25, 0.3) is 6.08 Å². The number of carbonyl (C=O) groups is 1. The summed E-state index contributed by atoms with van der Waals surface area (Å²) >= 11 is 0. The maximum Gasteiger partial charge on any atom is 0.266 e. The molecule has 0 heterocycles. The van der Waals surface area contributed by atoms with Crippen molar-refractivity contribution in [2.24, 2.45) is 0 Å². The molecule has 0 bridgehead atoms. The molecule has 3 aromatic carbocycles. The van der Waals surface area contributed by atoms with Crippen molar-refractivity contribution in [2.75, 3.05) is 5.32 Å². The first kappa shape index (κ1) is 20.1. The Bertz CT molecular complexity index is 1080. The van der Waals surface area contributed by atoms with Gasteiger partial charge in [-0.05, 0) is 62.1 Å². The number of nitrogens with one attached hydrogen (secondary N) is 1. The lowest BCUT2D eigenvalue weighted by Crippen LogP contribution is -2.13. The average molecular weight is 380 g/mol. The molecule has 3 heteroatoms. The molecule has 0 aliphatic heterocycles. The summed E-state index contributed by atoms with van der Waals surface area (Å²) in [5, 5.41) is 12.3. The molecule has 0 aliphatic rings. The van der Waals surface area contributed by atoms with Crippen LogP contribution in [0.5, 0.6) is 0 Å². The third-order valence-electron chi connectivity index (χ3n) is 4.71. The number of aryl methyl sites for hydroxylation is 3. The second-order valence-corrected chi connectivity index (χ2v) is 7.36. The van der Waals surface area contributed by atoms with Crippen molar-refractivity contribution in [1.82, 2.24) is 0 Å². The normalized spacial score (nSPS) is 11.0. The van der Waals surface area contributed by atoms with E-state index in [1.54, 1.807) is 6.08 Å². The zero-order chi connectivity index (χ0) is 20.8. The van der Waals surface area contributed by atoms with E-state index >= 15 is 0 Å². The van der Waals surface area contributed by atoms with Crippen LogP contribution >= 0.6 is 0 Å². The third-order valence-corrected chi connectivity index (χ3v) is 4.71. The molecule has 0 unspecified atom stereocenters. The number of carbonyl (C=O) groups excluding carboxylic acids is 1. The highest BCUT2D eigenvalue weighted by atomic mass is 16.1. The molecule has 29 heavy (non-hydrogen) atoms. The Morgan fingerprint density at radius 1 is 0.931 bits per heavy atom. The van der Waals surface area contributed by atoms with Crippen molar-refractivity contribution in [2.45, 2.75) is 27.2 Å². The minimum Gasteiger partial charge on any atom is -0.321 e. The summed E-state index contributed by atoms with van der Waals surface area (Å²) in [7, 11) is 0. The van der Waals surface area contributed by atoms with E-state index in [-0.39, 0.29) is 5.57 Å². The zero-order valence-electron chi connectivity index (χ0n) is 17.0. The van der Waals surface area contributed by atoms with Crippen molar-refractivity contribution in [1.29, 1.82) is 5.26 Å². The van der Waals surface area contributed by atoms with Gasteiger partial charge in [0.05, 0.1) is 0 Å². The van der Waals surface area contributed by atoms with E-state index < -0.39 is 5.91 Å². The average Bonchev–Trinajstić information content (AvgIpc) is 2.68. The lowest BCUT2D eigenvalue weighted by Gasteiger charge is -2.09. The van der Waals surface area contributed by atoms with Gasteiger partial charge in [0.2, 0.25) is 0 Å². The summed E-state index contributed by atoms with van der Waals surface area (Å²) in [6.07, 6.45) is 2.41. The van der Waals surface area contributed by atoms with Crippen LogP contribution in [0.3, 0.4) is 0 Å². The number of hydrogen-bond donors (Lipinski definition) is 1. The highest BCUT2D eigenvalue weighted by Crippen LogP contribution is 2.20. The van der Waals surface area contributed by atoms with Gasteiger partial charge in [-0.15, -0.1) is 0 Å². The molecule has 1 N–H and O–H groups in total. The first-order valence-electron chi connectivity index (χ1n) is 9.59. The van der Waals surface area contributed by atoms with E-state index in [0.717, 1.165) is 23.1 Å². The molecule has 0 aliphatic carbocycles. The van der Waals surface area contributed by atoms with E-state index in [9.17, 15) is 10.1 Å². The molecular formula is C26H24N2O. The summed E-state index contributed by atoms with van der Waals surface area (Å²) in [4.78, 5) is 12.6. The van der Waals surface area contributed by atoms with Crippen LogP contribution in [0.15, 0.2) is 72.3 Å². The van der Waals surface area contributed by atoms with Crippen molar-refractivity contribution in [3.05, 3.63) is 106 Å². The van der Waals surface area contributed by atoms with Gasteiger partial charge in [0.15, 0.2) is 0 Å². The SMILES string of the molecule is Cc1ccc(NC(=O)/C(C#N)=C/c2ccccc2Cc2cc(C)cc(C)c2)cc1. The van der Waals surface area contributed by atoms with E-state index in [2.05, 4.69) is 37.4 Å². The van der Waals surface area contributed by atoms with Crippen molar-refractivity contribution >= 4 is 17.7 Å². The molecule has 3 aromatic rings. The molecular weight excluding hydrogens is 356 g/mol. The summed E-state index contributed by atoms with van der Waals surface area (Å²) in [6.45, 7) is 6.16. The number of benzene rings is 3. The summed E-state index contributed by atoms with van der Waals surface area (Å²) in [5.74, 6) is -0.405. The summed E-state index contributed by atoms with van der Waals surface area (Å²) < 4.78 is 0. The summed E-state index contributed by atoms with van der Waals surface area (Å²) in [5.41, 5.74) is 7.48. The zero-order valence-corrected chi connectivity index (χ0v) is 17.0. The van der Waals surface area contributed by atoms with E-state index in [4.69, 9.17) is 0 Å². The van der Waals surface area contributed by atoms with Gasteiger partial charge in [0, 0.05) is 5.69 Å². The quantitative estimate of drug-likeness (QED) is 0.453. The topological polar surface area (TPSA) is 52.9 Å². The van der Waals surface area contributed by atoms with Crippen molar-refractivity contribution < 1.29 is 4.79 Å². The number of rotatable bonds is 5. The van der Waals surface area contributed by atoms with Crippen LogP contribution < -0.4 is 5.32 Å². The van der Waals surface area contributed by atoms with Crippen LogP contribution in [0, 0.1) is 32.1 Å². The Kier molecular flexibility index (Phi) is 6.26. The highest BCUT2D eigenvalue weighted by molar-refractivity contribution is 6.09. The predicted molar refractivity (Wildman–Crippen MR) is 119 cm³/mol. The van der Waals surface area contributed by atoms with Crippen LogP contribution in [-0.4, -0.2) is 5.91 Å². The van der Waals surface area contributed by atoms with E-state index in [0.29, 0.717) is 5.69 Å². The molecule has 0 fully saturated rings. The Morgan fingerprint density at radius 2 is 1.59 bits per heavy atom. The number of nitrogens with zero attached hydrogens (tertiary/aromatic N) is 1. The van der Waals surface area contributed by atoms with Gasteiger partial charge in [-0.3, -0.25) is 4.79 Å². The smallest absolute Gasteiger partial charge is 0.266 e. The fourth-order valence-electron chi connectivity index (χ4n) is 3.37. The Labute approximate surface area is 172 Å². The fourth-order valence-corrected chi connectivity index (χ4v) is 3.37. The van der Waals surface area contributed by atoms with E-state index in [1.807, 2.05) is 61.5 Å².